The lowest BCUT2D eigenvalue weighted by molar-refractivity contribution is -0.138. The number of para-hydroxylation sites is 1. The van der Waals surface area contributed by atoms with Crippen LogP contribution in [0.25, 0.3) is 22.7 Å². The maximum Gasteiger partial charge on any atom is 0.338 e. The van der Waals surface area contributed by atoms with Gasteiger partial charge in [0, 0.05) is 39.8 Å². The number of thiazole rings is 1. The van der Waals surface area contributed by atoms with Gasteiger partial charge in [0.25, 0.3) is 5.56 Å². The number of ether oxygens (including phenoxy) is 2. The first-order chi connectivity index (χ1) is 22.9. The molecule has 47 heavy (non-hydrogen) atoms. The minimum absolute atomic E-state index is 0.179. The summed E-state index contributed by atoms with van der Waals surface area (Å²) in [7, 11) is 1.59. The minimum atomic E-state index is -0.790. The van der Waals surface area contributed by atoms with Crippen LogP contribution >= 0.6 is 22.9 Å². The fourth-order valence-electron chi connectivity index (χ4n) is 6.06. The average Bonchev–Trinajstić information content (AvgIpc) is 3.60. The monoisotopic (exact) mass is 659 g/mol. The number of fused-ring (bicyclic) bond motifs is 2. The summed E-state index contributed by atoms with van der Waals surface area (Å²) in [6.07, 6.45) is 3.97. The SMILES string of the molecule is CCOC(=O)C1=C(c2ccccc2)N=c2s/c(=C\c3cn(Cc4cccc(Cl)c4)c4ccccc34)c(=O)n2[C@@H]1c1cccc(OC)c1. The molecule has 7 nitrogen and oxygen atoms in total. The summed E-state index contributed by atoms with van der Waals surface area (Å²) >= 11 is 7.58. The predicted molar refractivity (Wildman–Crippen MR) is 187 cm³/mol. The van der Waals surface area contributed by atoms with Gasteiger partial charge in [0.1, 0.15) is 5.75 Å². The van der Waals surface area contributed by atoms with Crippen molar-refractivity contribution < 1.29 is 14.3 Å². The zero-order valence-electron chi connectivity index (χ0n) is 25.7. The Morgan fingerprint density at radius 2 is 1.77 bits per heavy atom. The molecule has 6 aromatic rings. The molecule has 1 atom stereocenters. The van der Waals surface area contributed by atoms with Gasteiger partial charge in [-0.25, -0.2) is 9.79 Å². The van der Waals surface area contributed by atoms with Crippen LogP contribution in [0, 0.1) is 0 Å². The highest BCUT2D eigenvalue weighted by molar-refractivity contribution is 7.07. The zero-order valence-corrected chi connectivity index (χ0v) is 27.3. The van der Waals surface area contributed by atoms with E-state index in [4.69, 9.17) is 26.1 Å². The van der Waals surface area contributed by atoms with E-state index in [-0.39, 0.29) is 12.2 Å². The van der Waals surface area contributed by atoms with Crippen molar-refractivity contribution in [1.29, 1.82) is 0 Å². The molecule has 1 aliphatic heterocycles. The van der Waals surface area contributed by atoms with E-state index in [1.165, 1.54) is 11.3 Å². The van der Waals surface area contributed by atoms with Gasteiger partial charge < -0.3 is 14.0 Å². The van der Waals surface area contributed by atoms with Gasteiger partial charge in [-0.2, -0.15) is 0 Å². The van der Waals surface area contributed by atoms with Crippen molar-refractivity contribution in [2.45, 2.75) is 19.5 Å². The number of nitrogens with zero attached hydrogens (tertiary/aromatic N) is 3. The molecule has 0 aliphatic carbocycles. The van der Waals surface area contributed by atoms with Gasteiger partial charge >= 0.3 is 5.97 Å². The quantitative estimate of drug-likeness (QED) is 0.173. The van der Waals surface area contributed by atoms with Crippen LogP contribution in [-0.4, -0.2) is 28.8 Å². The molecular formula is C38H30ClN3O4S. The third-order valence-corrected chi connectivity index (χ3v) is 9.35. The number of hydrogen-bond donors (Lipinski definition) is 0. The lowest BCUT2D eigenvalue weighted by Crippen LogP contribution is -2.40. The number of hydrogen-bond acceptors (Lipinski definition) is 6. The van der Waals surface area contributed by atoms with Gasteiger partial charge in [-0.1, -0.05) is 95.7 Å². The second kappa shape index (κ2) is 12.9. The second-order valence-electron chi connectivity index (χ2n) is 11.1. The first kappa shape index (κ1) is 30.5. The molecule has 0 radical (unpaired) electrons. The van der Waals surface area contributed by atoms with Gasteiger partial charge in [0.2, 0.25) is 0 Å². The Morgan fingerprint density at radius 1 is 0.979 bits per heavy atom. The van der Waals surface area contributed by atoms with Crippen molar-refractivity contribution in [3.63, 3.8) is 0 Å². The topological polar surface area (TPSA) is 74.8 Å². The second-order valence-corrected chi connectivity index (χ2v) is 12.5. The normalized spacial score (nSPS) is 14.6. The van der Waals surface area contributed by atoms with E-state index in [1.54, 1.807) is 18.6 Å². The Hall–Kier alpha value is -5.18. The third-order valence-electron chi connectivity index (χ3n) is 8.13. The van der Waals surface area contributed by atoms with E-state index < -0.39 is 12.0 Å². The zero-order chi connectivity index (χ0) is 32.5. The molecule has 7 rings (SSSR count). The molecule has 0 saturated heterocycles. The van der Waals surface area contributed by atoms with Crippen molar-refractivity contribution in [3.8, 4) is 5.75 Å². The lowest BCUT2D eigenvalue weighted by Gasteiger charge is -2.26. The highest BCUT2D eigenvalue weighted by Crippen LogP contribution is 2.36. The highest BCUT2D eigenvalue weighted by atomic mass is 35.5. The molecule has 0 spiro atoms. The summed E-state index contributed by atoms with van der Waals surface area (Å²) in [6.45, 7) is 2.56. The van der Waals surface area contributed by atoms with Crippen LogP contribution < -0.4 is 19.6 Å². The van der Waals surface area contributed by atoms with Gasteiger partial charge in [-0.05, 0) is 54.5 Å². The molecular weight excluding hydrogens is 630 g/mol. The number of carbonyl (C=O) groups excluding carboxylic acids is 1. The Labute approximate surface area is 279 Å². The van der Waals surface area contributed by atoms with Crippen molar-refractivity contribution in [1.82, 2.24) is 9.13 Å². The van der Waals surface area contributed by atoms with E-state index >= 15 is 0 Å². The average molecular weight is 660 g/mol. The molecule has 0 fully saturated rings. The molecule has 9 heteroatoms. The van der Waals surface area contributed by atoms with Gasteiger partial charge in [-0.15, -0.1) is 0 Å². The fourth-order valence-corrected chi connectivity index (χ4v) is 7.27. The largest absolute Gasteiger partial charge is 0.497 e. The van der Waals surface area contributed by atoms with E-state index in [1.807, 2.05) is 97.1 Å². The lowest BCUT2D eigenvalue weighted by atomic mass is 9.93. The van der Waals surface area contributed by atoms with E-state index in [9.17, 15) is 9.59 Å². The molecule has 2 aromatic heterocycles. The van der Waals surface area contributed by atoms with E-state index in [2.05, 4.69) is 22.9 Å². The smallest absolute Gasteiger partial charge is 0.338 e. The van der Waals surface area contributed by atoms with E-state index in [0.717, 1.165) is 27.6 Å². The Balaban J connectivity index is 1.45. The molecule has 234 valence electrons. The Bertz CT molecular complexity index is 2350. The van der Waals surface area contributed by atoms with Crippen LogP contribution in [0.3, 0.4) is 0 Å². The summed E-state index contributed by atoms with van der Waals surface area (Å²) in [5, 5.41) is 1.70. The molecule has 0 unspecified atom stereocenters. The predicted octanol–water partition coefficient (Wildman–Crippen LogP) is 6.60. The molecule has 0 N–H and O–H groups in total. The van der Waals surface area contributed by atoms with Crippen molar-refractivity contribution in [2.75, 3.05) is 13.7 Å². The maximum atomic E-state index is 14.5. The number of methoxy groups -OCH3 is 1. The van der Waals surface area contributed by atoms with Crippen molar-refractivity contribution >= 4 is 51.6 Å². The summed E-state index contributed by atoms with van der Waals surface area (Å²) < 4.78 is 15.4. The summed E-state index contributed by atoms with van der Waals surface area (Å²) in [6, 6.07) is 32.1. The number of esters is 1. The molecule has 0 bridgehead atoms. The van der Waals surface area contributed by atoms with Crippen molar-refractivity contribution in [3.05, 3.63) is 162 Å². The summed E-state index contributed by atoms with van der Waals surface area (Å²) in [4.78, 5) is 33.7. The molecule has 1 aliphatic rings. The number of halogens is 1. The van der Waals surface area contributed by atoms with Crippen LogP contribution in [0.5, 0.6) is 5.75 Å². The first-order valence-corrected chi connectivity index (χ1v) is 16.4. The van der Waals surface area contributed by atoms with Crippen LogP contribution in [0.4, 0.5) is 0 Å². The Morgan fingerprint density at radius 3 is 2.55 bits per heavy atom. The van der Waals surface area contributed by atoms with Gasteiger partial charge in [-0.3, -0.25) is 9.36 Å². The number of aromatic nitrogens is 2. The molecule has 4 aromatic carbocycles. The number of carbonyl (C=O) groups is 1. The van der Waals surface area contributed by atoms with Crippen molar-refractivity contribution in [2.24, 2.45) is 4.99 Å². The molecule has 3 heterocycles. The standard InChI is InChI=1S/C38H30ClN3O4S/c1-3-46-37(44)33-34(25-12-5-4-6-13-25)40-38-42(35(33)26-14-10-16-29(20-26)45-2)36(43)32(47-38)21-27-23-41(31-18-8-7-17-30(27)31)22-24-11-9-15-28(39)19-24/h4-21,23,35H,3,22H2,1-2H3/b32-21-/t35-/m1/s1. The van der Waals surface area contributed by atoms with E-state index in [0.29, 0.717) is 43.5 Å². The van der Waals surface area contributed by atoms with Crippen LogP contribution in [-0.2, 0) is 16.1 Å². The molecule has 0 saturated carbocycles. The van der Waals surface area contributed by atoms with Gasteiger partial charge in [0.05, 0.1) is 35.6 Å². The van der Waals surface area contributed by atoms with Crippen LogP contribution in [0.15, 0.2) is 125 Å². The number of benzene rings is 4. The first-order valence-electron chi connectivity index (χ1n) is 15.2. The summed E-state index contributed by atoms with van der Waals surface area (Å²) in [5.41, 5.74) is 5.00. The molecule has 0 amide bonds. The fraction of sp³-hybridized carbons (Fsp3) is 0.132. The van der Waals surface area contributed by atoms with Crippen LogP contribution in [0.1, 0.15) is 35.2 Å². The minimum Gasteiger partial charge on any atom is -0.497 e. The summed E-state index contributed by atoms with van der Waals surface area (Å²) in [5.74, 6) is 0.0832. The Kier molecular flexibility index (Phi) is 8.37. The highest BCUT2D eigenvalue weighted by Gasteiger charge is 2.35. The number of rotatable bonds is 8. The van der Waals surface area contributed by atoms with Crippen LogP contribution in [0.2, 0.25) is 5.02 Å². The third kappa shape index (κ3) is 5.82. The maximum absolute atomic E-state index is 14.5. The van der Waals surface area contributed by atoms with Gasteiger partial charge in [0.15, 0.2) is 4.80 Å².